The molecule has 6 nitrogen and oxygen atoms in total. The number of ether oxygens (including phenoxy) is 3. The van der Waals surface area contributed by atoms with E-state index in [1.54, 1.807) is 50.2 Å². The molecule has 0 spiro atoms. The van der Waals surface area contributed by atoms with Crippen molar-refractivity contribution in [2.24, 2.45) is 0 Å². The van der Waals surface area contributed by atoms with Crippen LogP contribution in [0.1, 0.15) is 30.6 Å². The van der Waals surface area contributed by atoms with E-state index < -0.39 is 17.9 Å². The number of carbonyl (C=O) groups is 3. The van der Waals surface area contributed by atoms with Crippen molar-refractivity contribution in [3.05, 3.63) is 78.4 Å². The highest BCUT2D eigenvalue weighted by Gasteiger charge is 2.09. The molecule has 156 valence electrons. The third kappa shape index (κ3) is 6.74. The molecule has 2 rings (SSSR count). The third-order valence-electron chi connectivity index (χ3n) is 3.97. The largest absolute Gasteiger partial charge is 0.462 e. The maximum atomic E-state index is 12.1. The summed E-state index contributed by atoms with van der Waals surface area (Å²) in [5.41, 5.74) is 2.88. The van der Waals surface area contributed by atoms with Gasteiger partial charge in [-0.2, -0.15) is 0 Å². The molecule has 0 bridgehead atoms. The van der Waals surface area contributed by atoms with Gasteiger partial charge in [-0.25, -0.2) is 14.4 Å². The third-order valence-corrected chi connectivity index (χ3v) is 3.97. The van der Waals surface area contributed by atoms with E-state index in [4.69, 9.17) is 14.2 Å². The Bertz CT molecular complexity index is 939. The van der Waals surface area contributed by atoms with Crippen molar-refractivity contribution in [2.75, 3.05) is 13.2 Å². The van der Waals surface area contributed by atoms with Gasteiger partial charge in [0.2, 0.25) is 0 Å². The zero-order valence-corrected chi connectivity index (χ0v) is 17.1. The summed E-state index contributed by atoms with van der Waals surface area (Å²) in [6.07, 6.45) is 0.408. The van der Waals surface area contributed by atoms with Crippen LogP contribution in [0.3, 0.4) is 0 Å². The number of rotatable bonds is 9. The van der Waals surface area contributed by atoms with Crippen molar-refractivity contribution >= 4 is 17.9 Å². The standard InChI is InChI=1S/C24H24O6/c1-16(2)22(25)28-14-5-15-29-24(27)20-8-6-18(7-9-20)19-10-12-21(13-11-19)30-23(26)17(3)4/h6-13H,1,3,5,14-15H2,2,4H3. The molecule has 0 radical (unpaired) electrons. The Morgan fingerprint density at radius 3 is 1.77 bits per heavy atom. The van der Waals surface area contributed by atoms with E-state index in [0.717, 1.165) is 11.1 Å². The van der Waals surface area contributed by atoms with Crippen LogP contribution in [0.5, 0.6) is 5.75 Å². The lowest BCUT2D eigenvalue weighted by atomic mass is 10.0. The first-order valence-electron chi connectivity index (χ1n) is 9.36. The van der Waals surface area contributed by atoms with Crippen molar-refractivity contribution in [1.82, 2.24) is 0 Å². The van der Waals surface area contributed by atoms with Gasteiger partial charge in [0.15, 0.2) is 0 Å². The van der Waals surface area contributed by atoms with E-state index in [2.05, 4.69) is 13.2 Å². The fraction of sp³-hybridized carbons (Fsp3) is 0.208. The summed E-state index contributed by atoms with van der Waals surface area (Å²) < 4.78 is 15.3. The van der Waals surface area contributed by atoms with Gasteiger partial charge in [-0.3, -0.25) is 0 Å². The molecule has 0 aliphatic rings. The second kappa shape index (κ2) is 10.8. The van der Waals surface area contributed by atoms with Crippen molar-refractivity contribution in [1.29, 1.82) is 0 Å². The van der Waals surface area contributed by atoms with Crippen LogP contribution >= 0.6 is 0 Å². The highest BCUT2D eigenvalue weighted by Crippen LogP contribution is 2.23. The number of esters is 3. The maximum absolute atomic E-state index is 12.1. The van der Waals surface area contributed by atoms with Crippen molar-refractivity contribution in [2.45, 2.75) is 20.3 Å². The van der Waals surface area contributed by atoms with Gasteiger partial charge in [0.25, 0.3) is 0 Å². The normalized spacial score (nSPS) is 10.1. The lowest BCUT2D eigenvalue weighted by molar-refractivity contribution is -0.139. The molecule has 6 heteroatoms. The van der Waals surface area contributed by atoms with Crippen LogP contribution in [-0.4, -0.2) is 31.1 Å². The Hall–Kier alpha value is -3.67. The molecular formula is C24H24O6. The van der Waals surface area contributed by atoms with Gasteiger partial charge < -0.3 is 14.2 Å². The highest BCUT2D eigenvalue weighted by molar-refractivity contribution is 5.90. The quantitative estimate of drug-likeness (QED) is 0.263. The number of hydrogen-bond donors (Lipinski definition) is 0. The van der Waals surface area contributed by atoms with Gasteiger partial charge in [0, 0.05) is 17.6 Å². The molecular weight excluding hydrogens is 384 g/mol. The molecule has 0 fully saturated rings. The Morgan fingerprint density at radius 1 is 0.733 bits per heavy atom. The van der Waals surface area contributed by atoms with E-state index in [1.165, 1.54) is 0 Å². The lowest BCUT2D eigenvalue weighted by Crippen LogP contribution is -2.11. The maximum Gasteiger partial charge on any atom is 0.338 e. The van der Waals surface area contributed by atoms with Crippen LogP contribution in [0.2, 0.25) is 0 Å². The second-order valence-corrected chi connectivity index (χ2v) is 6.68. The van der Waals surface area contributed by atoms with E-state index >= 15 is 0 Å². The van der Waals surface area contributed by atoms with Gasteiger partial charge >= 0.3 is 17.9 Å². The van der Waals surface area contributed by atoms with Gasteiger partial charge in [0.05, 0.1) is 18.8 Å². The zero-order chi connectivity index (χ0) is 22.1. The second-order valence-electron chi connectivity index (χ2n) is 6.68. The average molecular weight is 408 g/mol. The van der Waals surface area contributed by atoms with Crippen LogP contribution in [0, 0.1) is 0 Å². The molecule has 30 heavy (non-hydrogen) atoms. The fourth-order valence-corrected chi connectivity index (χ4v) is 2.30. The topological polar surface area (TPSA) is 78.9 Å². The van der Waals surface area contributed by atoms with E-state index in [0.29, 0.717) is 28.9 Å². The molecule has 0 heterocycles. The molecule has 2 aromatic rings. The van der Waals surface area contributed by atoms with Crippen molar-refractivity contribution in [3.8, 4) is 16.9 Å². The first-order chi connectivity index (χ1) is 14.3. The first kappa shape index (κ1) is 22.6. The van der Waals surface area contributed by atoms with Gasteiger partial charge in [0.1, 0.15) is 5.75 Å². The van der Waals surface area contributed by atoms with E-state index in [1.807, 2.05) is 12.1 Å². The molecule has 0 saturated heterocycles. The van der Waals surface area contributed by atoms with E-state index in [-0.39, 0.29) is 13.2 Å². The first-order valence-corrected chi connectivity index (χ1v) is 9.36. The summed E-state index contributed by atoms with van der Waals surface area (Å²) in [5, 5.41) is 0. The minimum Gasteiger partial charge on any atom is -0.462 e. The molecule has 0 atom stereocenters. The van der Waals surface area contributed by atoms with Crippen LogP contribution in [0.25, 0.3) is 11.1 Å². The molecule has 0 aliphatic carbocycles. The Labute approximate surface area is 175 Å². The average Bonchev–Trinajstić information content (AvgIpc) is 2.73. The summed E-state index contributed by atoms with van der Waals surface area (Å²) in [6, 6.07) is 14.0. The number of carbonyl (C=O) groups excluding carboxylic acids is 3. The molecule has 0 N–H and O–H groups in total. The summed E-state index contributed by atoms with van der Waals surface area (Å²) in [6.45, 7) is 10.5. The summed E-state index contributed by atoms with van der Waals surface area (Å²) in [7, 11) is 0. The molecule has 0 amide bonds. The minimum atomic E-state index is -0.473. The summed E-state index contributed by atoms with van der Waals surface area (Å²) in [4.78, 5) is 34.9. The number of hydrogen-bond acceptors (Lipinski definition) is 6. The minimum absolute atomic E-state index is 0.147. The van der Waals surface area contributed by atoms with Gasteiger partial charge in [-0.1, -0.05) is 37.4 Å². The molecule has 0 aliphatic heterocycles. The molecule has 0 saturated carbocycles. The van der Waals surface area contributed by atoms with Crippen LogP contribution in [0.15, 0.2) is 72.8 Å². The van der Waals surface area contributed by atoms with Crippen molar-refractivity contribution in [3.63, 3.8) is 0 Å². The fourth-order valence-electron chi connectivity index (χ4n) is 2.30. The number of benzene rings is 2. The monoisotopic (exact) mass is 408 g/mol. The van der Waals surface area contributed by atoms with Crippen molar-refractivity contribution < 1.29 is 28.6 Å². The summed E-state index contributed by atoms with van der Waals surface area (Å²) in [5.74, 6) is -0.950. The predicted octanol–water partition coefficient (Wildman–Crippen LogP) is 4.50. The predicted molar refractivity (Wildman–Crippen MR) is 113 cm³/mol. The lowest BCUT2D eigenvalue weighted by Gasteiger charge is -2.08. The van der Waals surface area contributed by atoms with E-state index in [9.17, 15) is 14.4 Å². The molecule has 0 aromatic heterocycles. The molecule has 0 unspecified atom stereocenters. The smallest absolute Gasteiger partial charge is 0.338 e. The SMILES string of the molecule is C=C(C)C(=O)OCCCOC(=O)c1ccc(-c2ccc(OC(=O)C(=C)C)cc2)cc1. The zero-order valence-electron chi connectivity index (χ0n) is 17.1. The van der Waals surface area contributed by atoms with Gasteiger partial charge in [-0.05, 0) is 49.2 Å². The molecule has 2 aromatic carbocycles. The van der Waals surface area contributed by atoms with Crippen LogP contribution < -0.4 is 4.74 Å². The summed E-state index contributed by atoms with van der Waals surface area (Å²) >= 11 is 0. The Balaban J connectivity index is 1.86. The Kier molecular flexibility index (Phi) is 8.11. The Morgan fingerprint density at radius 2 is 1.23 bits per heavy atom. The van der Waals surface area contributed by atoms with Gasteiger partial charge in [-0.15, -0.1) is 0 Å². The highest BCUT2D eigenvalue weighted by atomic mass is 16.5. The van der Waals surface area contributed by atoms with Crippen LogP contribution in [-0.2, 0) is 19.1 Å². The van der Waals surface area contributed by atoms with Crippen LogP contribution in [0.4, 0.5) is 0 Å².